The zero-order valence-corrected chi connectivity index (χ0v) is 10.2. The van der Waals surface area contributed by atoms with Crippen LogP contribution in [0.4, 0.5) is 0 Å². The third-order valence-corrected chi connectivity index (χ3v) is 3.45. The molecule has 1 aromatic carbocycles. The summed E-state index contributed by atoms with van der Waals surface area (Å²) in [5.41, 5.74) is 0.749. The van der Waals surface area contributed by atoms with Gasteiger partial charge in [0.25, 0.3) is 0 Å². The molecule has 0 aromatic heterocycles. The van der Waals surface area contributed by atoms with Crippen molar-refractivity contribution in [2.75, 3.05) is 7.11 Å². The zero-order valence-electron chi connectivity index (χ0n) is 9.34. The topological polar surface area (TPSA) is 64.6 Å². The minimum Gasteiger partial charge on any atom is -0.493 e. The fraction of sp³-hybridized carbons (Fsp3) is 0.273. The van der Waals surface area contributed by atoms with E-state index in [0.717, 1.165) is 5.56 Å². The first kappa shape index (κ1) is 11.9. The second kappa shape index (κ2) is 4.38. The van der Waals surface area contributed by atoms with Gasteiger partial charge >= 0.3 is 10.3 Å². The van der Waals surface area contributed by atoms with Crippen molar-refractivity contribution in [2.45, 2.75) is 12.5 Å². The largest absolute Gasteiger partial charge is 0.493 e. The lowest BCUT2D eigenvalue weighted by Crippen LogP contribution is -2.36. The molecule has 1 heterocycles. The first-order chi connectivity index (χ1) is 8.07. The number of hydrogen-bond acceptors (Lipinski definition) is 4. The van der Waals surface area contributed by atoms with E-state index in [1.165, 1.54) is 7.11 Å². The molecule has 5 nitrogen and oxygen atoms in total. The van der Waals surface area contributed by atoms with Crippen LogP contribution in [0, 0.1) is 0 Å². The number of para-hydroxylation sites is 1. The first-order valence-electron chi connectivity index (χ1n) is 5.07. The lowest BCUT2D eigenvalue weighted by atomic mass is 10.0. The van der Waals surface area contributed by atoms with Gasteiger partial charge in [0.2, 0.25) is 0 Å². The number of nitrogens with one attached hydrogen (secondary N) is 1. The molecule has 0 radical (unpaired) electrons. The van der Waals surface area contributed by atoms with Gasteiger partial charge in [-0.15, -0.1) is 6.58 Å². The molecule has 1 N–H and O–H groups in total. The summed E-state index contributed by atoms with van der Waals surface area (Å²) in [5, 5.41) is 0. The molecule has 0 spiro atoms. The van der Waals surface area contributed by atoms with Crippen molar-refractivity contribution < 1.29 is 17.3 Å². The van der Waals surface area contributed by atoms with Gasteiger partial charge in [0.1, 0.15) is 0 Å². The number of rotatable bonds is 3. The van der Waals surface area contributed by atoms with Gasteiger partial charge in [0.15, 0.2) is 11.5 Å². The minimum atomic E-state index is -3.78. The van der Waals surface area contributed by atoms with Crippen molar-refractivity contribution >= 4 is 10.3 Å². The SMILES string of the molecule is C=CC[C@H]1NS(=O)(=O)Oc2c(OC)cccc21. The fourth-order valence-corrected chi connectivity index (χ4v) is 2.79. The second-order valence-electron chi connectivity index (χ2n) is 3.61. The van der Waals surface area contributed by atoms with E-state index in [1.807, 2.05) is 0 Å². The Morgan fingerprint density at radius 3 is 3.00 bits per heavy atom. The zero-order chi connectivity index (χ0) is 12.5. The van der Waals surface area contributed by atoms with Crippen molar-refractivity contribution in [3.63, 3.8) is 0 Å². The van der Waals surface area contributed by atoms with Crippen LogP contribution in [0.3, 0.4) is 0 Å². The smallest absolute Gasteiger partial charge is 0.383 e. The van der Waals surface area contributed by atoms with Crippen LogP contribution in [0.2, 0.25) is 0 Å². The molecule has 1 atom stereocenters. The molecule has 1 aromatic rings. The summed E-state index contributed by atoms with van der Waals surface area (Å²) in [7, 11) is -2.31. The van der Waals surface area contributed by atoms with E-state index >= 15 is 0 Å². The van der Waals surface area contributed by atoms with Crippen molar-refractivity contribution in [3.8, 4) is 11.5 Å². The molecule has 1 aliphatic rings. The van der Waals surface area contributed by atoms with Crippen LogP contribution in [0.5, 0.6) is 11.5 Å². The lowest BCUT2D eigenvalue weighted by Gasteiger charge is -2.26. The molecule has 6 heteroatoms. The summed E-state index contributed by atoms with van der Waals surface area (Å²) in [5.74, 6) is 0.655. The molecule has 1 aliphatic heterocycles. The standard InChI is InChI=1S/C11H13NO4S/c1-3-5-9-8-6-4-7-10(15-2)11(8)16-17(13,14)12-9/h3-4,6-7,9,12H,1,5H2,2H3/t9-/m1/s1. The highest BCUT2D eigenvalue weighted by atomic mass is 32.2. The van der Waals surface area contributed by atoms with Gasteiger partial charge in [-0.25, -0.2) is 0 Å². The van der Waals surface area contributed by atoms with Crippen LogP contribution in [0.25, 0.3) is 0 Å². The molecular weight excluding hydrogens is 242 g/mol. The Balaban J connectivity index is 2.55. The highest BCUT2D eigenvalue weighted by Gasteiger charge is 2.31. The average molecular weight is 255 g/mol. The third-order valence-electron chi connectivity index (χ3n) is 2.49. The van der Waals surface area contributed by atoms with Gasteiger partial charge in [-0.2, -0.15) is 13.1 Å². The Kier molecular flexibility index (Phi) is 3.08. The molecule has 2 rings (SSSR count). The highest BCUT2D eigenvalue weighted by Crippen LogP contribution is 2.39. The predicted octanol–water partition coefficient (Wildman–Crippen LogP) is 1.54. The monoisotopic (exact) mass is 255 g/mol. The molecule has 0 amide bonds. The second-order valence-corrected chi connectivity index (χ2v) is 4.92. The van der Waals surface area contributed by atoms with E-state index in [4.69, 9.17) is 8.92 Å². The molecule has 0 aliphatic carbocycles. The maximum absolute atomic E-state index is 11.5. The fourth-order valence-electron chi connectivity index (χ4n) is 1.77. The predicted molar refractivity (Wildman–Crippen MR) is 63.2 cm³/mol. The maximum Gasteiger partial charge on any atom is 0.383 e. The van der Waals surface area contributed by atoms with Crippen molar-refractivity contribution in [1.82, 2.24) is 4.72 Å². The average Bonchev–Trinajstić information content (AvgIpc) is 2.27. The van der Waals surface area contributed by atoms with E-state index in [2.05, 4.69) is 11.3 Å². The molecule has 17 heavy (non-hydrogen) atoms. The van der Waals surface area contributed by atoms with Gasteiger partial charge in [-0.1, -0.05) is 18.2 Å². The van der Waals surface area contributed by atoms with E-state index in [-0.39, 0.29) is 11.8 Å². The van der Waals surface area contributed by atoms with Crippen LogP contribution in [-0.4, -0.2) is 15.5 Å². The van der Waals surface area contributed by atoms with E-state index < -0.39 is 10.3 Å². The normalized spacial score (nSPS) is 21.1. The Morgan fingerprint density at radius 2 is 2.35 bits per heavy atom. The first-order valence-corrected chi connectivity index (χ1v) is 6.47. The van der Waals surface area contributed by atoms with Gasteiger partial charge in [0.05, 0.1) is 13.2 Å². The molecule has 0 saturated heterocycles. The van der Waals surface area contributed by atoms with Crippen molar-refractivity contribution in [1.29, 1.82) is 0 Å². The molecule has 0 fully saturated rings. The van der Waals surface area contributed by atoms with Gasteiger partial charge in [-0.05, 0) is 12.5 Å². The summed E-state index contributed by atoms with van der Waals surface area (Å²) in [6.45, 7) is 3.61. The summed E-state index contributed by atoms with van der Waals surface area (Å²) in [4.78, 5) is 0. The molecule has 0 bridgehead atoms. The third kappa shape index (κ3) is 2.27. The van der Waals surface area contributed by atoms with E-state index in [0.29, 0.717) is 12.2 Å². The highest BCUT2D eigenvalue weighted by molar-refractivity contribution is 7.85. The summed E-state index contributed by atoms with van der Waals surface area (Å²) in [6, 6.07) is 4.88. The number of methoxy groups -OCH3 is 1. The Bertz CT molecular complexity index is 538. The van der Waals surface area contributed by atoms with Crippen LogP contribution in [0.15, 0.2) is 30.9 Å². The Hall–Kier alpha value is -1.53. The Labute approximate surface area is 100 Å². The van der Waals surface area contributed by atoms with Crippen LogP contribution in [-0.2, 0) is 10.3 Å². The van der Waals surface area contributed by atoms with Gasteiger partial charge < -0.3 is 8.92 Å². The minimum absolute atomic E-state index is 0.251. The molecule has 0 unspecified atom stereocenters. The van der Waals surface area contributed by atoms with E-state index in [9.17, 15) is 8.42 Å². The maximum atomic E-state index is 11.5. The van der Waals surface area contributed by atoms with Crippen LogP contribution < -0.4 is 13.6 Å². The number of ether oxygens (including phenoxy) is 1. The number of benzene rings is 1. The summed E-state index contributed by atoms with van der Waals surface area (Å²) >= 11 is 0. The number of hydrogen-bond donors (Lipinski definition) is 1. The van der Waals surface area contributed by atoms with E-state index in [1.54, 1.807) is 24.3 Å². The summed E-state index contributed by atoms with van der Waals surface area (Å²) < 4.78 is 35.5. The molecule has 92 valence electrons. The quantitative estimate of drug-likeness (QED) is 0.832. The summed E-state index contributed by atoms with van der Waals surface area (Å²) in [6.07, 6.45) is 2.14. The van der Waals surface area contributed by atoms with Crippen LogP contribution in [0.1, 0.15) is 18.0 Å². The molecule has 0 saturated carbocycles. The van der Waals surface area contributed by atoms with Crippen molar-refractivity contribution in [3.05, 3.63) is 36.4 Å². The number of fused-ring (bicyclic) bond motifs is 1. The van der Waals surface area contributed by atoms with Gasteiger partial charge in [-0.3, -0.25) is 0 Å². The van der Waals surface area contributed by atoms with Crippen molar-refractivity contribution in [2.24, 2.45) is 0 Å². The lowest BCUT2D eigenvalue weighted by molar-refractivity contribution is 0.373. The molecular formula is C11H13NO4S. The van der Waals surface area contributed by atoms with Crippen LogP contribution >= 0.6 is 0 Å². The van der Waals surface area contributed by atoms with Gasteiger partial charge in [0, 0.05) is 5.56 Å². The Morgan fingerprint density at radius 1 is 1.59 bits per heavy atom.